The van der Waals surface area contributed by atoms with Crippen molar-refractivity contribution in [3.63, 3.8) is 0 Å². The Labute approximate surface area is 142 Å². The number of aromatic hydroxyl groups is 1. The average Bonchev–Trinajstić information content (AvgIpc) is 2.58. The fourth-order valence-corrected chi connectivity index (χ4v) is 4.30. The number of ether oxygens (including phenoxy) is 2. The van der Waals surface area contributed by atoms with E-state index in [0.717, 1.165) is 40.7 Å². The highest BCUT2D eigenvalue weighted by Gasteiger charge is 2.42. The molecule has 2 aromatic carbocycles. The number of rotatable bonds is 2. The zero-order valence-corrected chi connectivity index (χ0v) is 14.7. The minimum Gasteiger partial charge on any atom is -0.504 e. The average molecular weight is 326 g/mol. The van der Waals surface area contributed by atoms with Crippen molar-refractivity contribution < 1.29 is 19.1 Å². The van der Waals surface area contributed by atoms with Crippen LogP contribution in [0.4, 0.5) is 0 Å². The lowest BCUT2D eigenvalue weighted by Crippen LogP contribution is -2.49. The molecule has 2 aliphatic rings. The molecule has 0 amide bonds. The van der Waals surface area contributed by atoms with E-state index >= 15 is 0 Å². The molecule has 1 aliphatic heterocycles. The maximum Gasteiger partial charge on any atom is 0.166 e. The molecule has 126 valence electrons. The van der Waals surface area contributed by atoms with Crippen LogP contribution < -0.4 is 9.47 Å². The molecule has 4 nitrogen and oxygen atoms in total. The maximum absolute atomic E-state index is 10.9. The molecular weight excluding hydrogens is 302 g/mol. The second-order valence-corrected chi connectivity index (χ2v) is 7.37. The highest BCUT2D eigenvalue weighted by molar-refractivity contribution is 5.83. The Bertz CT molecular complexity index is 826. The Morgan fingerprint density at radius 1 is 1.08 bits per heavy atom. The molecule has 0 spiro atoms. The van der Waals surface area contributed by atoms with E-state index in [9.17, 15) is 5.11 Å². The molecule has 0 saturated heterocycles. The number of methoxy groups -OCH3 is 2. The molecule has 2 aromatic rings. The van der Waals surface area contributed by atoms with E-state index in [1.54, 1.807) is 14.2 Å². The monoisotopic (exact) mass is 326 g/mol. The van der Waals surface area contributed by atoms with E-state index in [1.165, 1.54) is 16.7 Å². The molecule has 0 fully saturated rings. The minimum atomic E-state index is 0.248. The van der Waals surface area contributed by atoms with Gasteiger partial charge in [-0.2, -0.15) is 0 Å². The summed E-state index contributed by atoms with van der Waals surface area (Å²) in [5.41, 5.74) is 5.84. The fraction of sp³-hybridized carbons (Fsp3) is 0.400. The highest BCUT2D eigenvalue weighted by atomic mass is 16.5. The van der Waals surface area contributed by atoms with Crippen LogP contribution in [-0.2, 0) is 12.8 Å². The number of quaternary nitrogens is 1. The summed E-state index contributed by atoms with van der Waals surface area (Å²) < 4.78 is 11.8. The third-order valence-electron chi connectivity index (χ3n) is 5.74. The molecule has 1 atom stereocenters. The quantitative estimate of drug-likeness (QED) is 0.861. The summed E-state index contributed by atoms with van der Waals surface area (Å²) in [6, 6.07) is 8.55. The van der Waals surface area contributed by atoms with Gasteiger partial charge in [0.1, 0.15) is 11.8 Å². The molecule has 24 heavy (non-hydrogen) atoms. The second-order valence-electron chi connectivity index (χ2n) is 7.37. The van der Waals surface area contributed by atoms with Crippen molar-refractivity contribution in [1.82, 2.24) is 0 Å². The smallest absolute Gasteiger partial charge is 0.166 e. The summed E-state index contributed by atoms with van der Waals surface area (Å²) in [5.74, 6) is 1.62. The SMILES string of the molecule is COc1ccc2c(c1)-c1c(O)c(OC)cc3c1[C@@H](C2)[N+](C)(C)CC3. The van der Waals surface area contributed by atoms with Crippen molar-refractivity contribution in [2.45, 2.75) is 18.9 Å². The first kappa shape index (κ1) is 15.3. The molecule has 4 rings (SSSR count). The second kappa shape index (κ2) is 5.15. The van der Waals surface area contributed by atoms with Crippen LogP contribution in [0.5, 0.6) is 17.2 Å². The normalized spacial score (nSPS) is 20.1. The topological polar surface area (TPSA) is 38.7 Å². The number of hydrogen-bond donors (Lipinski definition) is 1. The lowest BCUT2D eigenvalue weighted by molar-refractivity contribution is -0.923. The van der Waals surface area contributed by atoms with Gasteiger partial charge in [-0.3, -0.25) is 0 Å². The zero-order valence-electron chi connectivity index (χ0n) is 14.7. The predicted octanol–water partition coefficient (Wildman–Crippen LogP) is 3.31. The molecular formula is C20H24NO3+. The van der Waals surface area contributed by atoms with E-state index < -0.39 is 0 Å². The Kier molecular flexibility index (Phi) is 3.29. The minimum absolute atomic E-state index is 0.248. The van der Waals surface area contributed by atoms with Crippen LogP contribution in [-0.4, -0.2) is 44.4 Å². The summed E-state index contributed by atoms with van der Waals surface area (Å²) in [6.07, 6.45) is 1.99. The lowest BCUT2D eigenvalue weighted by atomic mass is 9.75. The molecule has 0 radical (unpaired) electrons. The number of phenolic OH excluding ortho intramolecular Hbond substituents is 1. The molecule has 0 bridgehead atoms. The molecule has 0 saturated carbocycles. The van der Waals surface area contributed by atoms with Gasteiger partial charge in [-0.1, -0.05) is 6.07 Å². The van der Waals surface area contributed by atoms with Crippen molar-refractivity contribution >= 4 is 0 Å². The maximum atomic E-state index is 10.9. The van der Waals surface area contributed by atoms with Crippen LogP contribution in [0.15, 0.2) is 24.3 Å². The summed E-state index contributed by atoms with van der Waals surface area (Å²) in [4.78, 5) is 0. The van der Waals surface area contributed by atoms with Gasteiger partial charge < -0.3 is 19.1 Å². The zero-order chi connectivity index (χ0) is 17.1. The Morgan fingerprint density at radius 2 is 1.88 bits per heavy atom. The number of benzene rings is 2. The fourth-order valence-electron chi connectivity index (χ4n) is 4.30. The first-order valence-corrected chi connectivity index (χ1v) is 8.39. The molecule has 0 unspecified atom stereocenters. The summed E-state index contributed by atoms with van der Waals surface area (Å²) >= 11 is 0. The number of hydrogen-bond acceptors (Lipinski definition) is 3. The molecule has 0 aromatic heterocycles. The summed E-state index contributed by atoms with van der Waals surface area (Å²) in [5, 5.41) is 10.9. The van der Waals surface area contributed by atoms with Crippen molar-refractivity contribution in [3.8, 4) is 28.4 Å². The van der Waals surface area contributed by atoms with Crippen LogP contribution in [0, 0.1) is 0 Å². The predicted molar refractivity (Wildman–Crippen MR) is 93.8 cm³/mol. The van der Waals surface area contributed by atoms with Gasteiger partial charge in [0.25, 0.3) is 0 Å². The third kappa shape index (κ3) is 2.02. The summed E-state index contributed by atoms with van der Waals surface area (Å²) in [6.45, 7) is 1.09. The van der Waals surface area contributed by atoms with Gasteiger partial charge in [-0.15, -0.1) is 0 Å². The number of likely N-dealkylation sites (N-methyl/N-ethyl adjacent to an activating group) is 1. The number of nitrogens with zero attached hydrogens (tertiary/aromatic N) is 1. The van der Waals surface area contributed by atoms with E-state index in [1.807, 2.05) is 18.2 Å². The van der Waals surface area contributed by atoms with Gasteiger partial charge in [-0.25, -0.2) is 0 Å². The summed E-state index contributed by atoms with van der Waals surface area (Å²) in [7, 11) is 7.86. The Morgan fingerprint density at radius 3 is 2.58 bits per heavy atom. The molecule has 1 aliphatic carbocycles. The van der Waals surface area contributed by atoms with Gasteiger partial charge in [0, 0.05) is 24.0 Å². The largest absolute Gasteiger partial charge is 0.504 e. The van der Waals surface area contributed by atoms with Crippen molar-refractivity contribution in [1.29, 1.82) is 0 Å². The van der Waals surface area contributed by atoms with E-state index in [-0.39, 0.29) is 5.75 Å². The number of phenols is 1. The van der Waals surface area contributed by atoms with Crippen LogP contribution in [0.2, 0.25) is 0 Å². The lowest BCUT2D eigenvalue weighted by Gasteiger charge is -2.46. The molecule has 4 heteroatoms. The standard InChI is InChI=1S/C20H23NO3/c1-21(2)8-7-13-10-17(24-4)20(22)19-15-11-14(23-3)6-5-12(15)9-16(21)18(13)19/h5-6,10-11,16H,7-9H2,1-4H3/p+1/t16-/m1/s1. The number of fused-ring (bicyclic) bond motifs is 2. The molecule has 1 heterocycles. The highest BCUT2D eigenvalue weighted by Crippen LogP contribution is 2.53. The van der Waals surface area contributed by atoms with Gasteiger partial charge >= 0.3 is 0 Å². The Hall–Kier alpha value is -2.20. The van der Waals surface area contributed by atoms with E-state index in [4.69, 9.17) is 9.47 Å². The van der Waals surface area contributed by atoms with Crippen LogP contribution in [0.25, 0.3) is 11.1 Å². The van der Waals surface area contributed by atoms with Gasteiger partial charge in [0.2, 0.25) is 0 Å². The van der Waals surface area contributed by atoms with Crippen LogP contribution in [0.1, 0.15) is 22.7 Å². The van der Waals surface area contributed by atoms with Gasteiger partial charge in [-0.05, 0) is 34.9 Å². The van der Waals surface area contributed by atoms with E-state index in [2.05, 4.69) is 20.2 Å². The van der Waals surface area contributed by atoms with Gasteiger partial charge in [0.05, 0.1) is 34.9 Å². The Balaban J connectivity index is 2.06. The van der Waals surface area contributed by atoms with Gasteiger partial charge in [0.15, 0.2) is 11.5 Å². The van der Waals surface area contributed by atoms with Crippen molar-refractivity contribution in [2.75, 3.05) is 34.9 Å². The first-order valence-electron chi connectivity index (χ1n) is 8.39. The first-order chi connectivity index (χ1) is 11.5. The molecule has 1 N–H and O–H groups in total. The van der Waals surface area contributed by atoms with Crippen molar-refractivity contribution in [3.05, 3.63) is 41.0 Å². The van der Waals surface area contributed by atoms with Crippen molar-refractivity contribution in [2.24, 2.45) is 0 Å². The van der Waals surface area contributed by atoms with Crippen LogP contribution in [0.3, 0.4) is 0 Å². The van der Waals surface area contributed by atoms with E-state index in [0.29, 0.717) is 11.8 Å². The third-order valence-corrected chi connectivity index (χ3v) is 5.74. The van der Waals surface area contributed by atoms with Crippen LogP contribution >= 0.6 is 0 Å².